The molecule has 0 bridgehead atoms. The molecular weight excluding hydrogens is 480 g/mol. The van der Waals surface area contributed by atoms with Gasteiger partial charge >= 0.3 is 0 Å². The highest BCUT2D eigenvalue weighted by Gasteiger charge is 2.28. The lowest BCUT2D eigenvalue weighted by Crippen LogP contribution is -2.47. The average Bonchev–Trinajstić information content (AvgIpc) is 2.88. The zero-order chi connectivity index (χ0) is 25.7. The first-order chi connectivity index (χ1) is 17.2. The molecule has 0 spiro atoms. The molecule has 10 heteroatoms. The zero-order valence-corrected chi connectivity index (χ0v) is 21.7. The van der Waals surface area contributed by atoms with Crippen molar-refractivity contribution in [3.8, 4) is 5.75 Å². The number of amides is 2. The van der Waals surface area contributed by atoms with Crippen molar-refractivity contribution in [3.63, 3.8) is 0 Å². The van der Waals surface area contributed by atoms with Crippen LogP contribution in [-0.2, 0) is 14.8 Å². The van der Waals surface area contributed by atoms with Crippen molar-refractivity contribution in [2.24, 2.45) is 5.92 Å². The fraction of sp³-hybridized carbons (Fsp3) is 0.462. The number of nitrogens with one attached hydrogen (secondary N) is 1. The molecule has 2 aliphatic rings. The predicted octanol–water partition coefficient (Wildman–Crippen LogP) is 2.51. The van der Waals surface area contributed by atoms with Gasteiger partial charge in [0.1, 0.15) is 5.75 Å². The Labute approximate surface area is 213 Å². The van der Waals surface area contributed by atoms with Crippen molar-refractivity contribution < 1.29 is 22.7 Å². The summed E-state index contributed by atoms with van der Waals surface area (Å²) in [6, 6.07) is 13.0. The van der Waals surface area contributed by atoms with Gasteiger partial charge in [0.2, 0.25) is 10.0 Å². The van der Waals surface area contributed by atoms with E-state index >= 15 is 0 Å². The summed E-state index contributed by atoms with van der Waals surface area (Å²) in [5.74, 6) is 0.585. The maximum Gasteiger partial charge on any atom is 0.262 e. The maximum atomic E-state index is 12.8. The van der Waals surface area contributed by atoms with Gasteiger partial charge < -0.3 is 19.9 Å². The lowest BCUT2D eigenvalue weighted by atomic mass is 10.0. The van der Waals surface area contributed by atoms with Crippen molar-refractivity contribution in [2.45, 2.75) is 24.7 Å². The number of hydrogen-bond acceptors (Lipinski definition) is 6. The molecule has 9 nitrogen and oxygen atoms in total. The summed E-state index contributed by atoms with van der Waals surface area (Å²) >= 11 is 0. The molecule has 0 aromatic heterocycles. The lowest BCUT2D eigenvalue weighted by Gasteiger charge is -2.32. The SMILES string of the molecule is CC1CCN(S(=O)(=O)c2ccc(OCC(=O)Nc3ccc(C(=O)N4CCN(C)CC4)cc3)cc2)CC1. The third-order valence-corrected chi connectivity index (χ3v) is 8.69. The molecule has 0 radical (unpaired) electrons. The van der Waals surface area contributed by atoms with Gasteiger partial charge in [-0.25, -0.2) is 8.42 Å². The number of likely N-dealkylation sites (N-methyl/N-ethyl adjacent to an activating group) is 1. The number of carbonyl (C=O) groups excluding carboxylic acids is 2. The molecule has 1 N–H and O–H groups in total. The highest BCUT2D eigenvalue weighted by atomic mass is 32.2. The molecule has 2 aromatic carbocycles. The summed E-state index contributed by atoms with van der Waals surface area (Å²) in [6.07, 6.45) is 1.73. The minimum Gasteiger partial charge on any atom is -0.484 e. The highest BCUT2D eigenvalue weighted by Crippen LogP contribution is 2.25. The second kappa shape index (κ2) is 11.4. The second-order valence-electron chi connectivity index (χ2n) is 9.57. The normalized spacial score (nSPS) is 18.1. The van der Waals surface area contributed by atoms with Gasteiger partial charge in [-0.1, -0.05) is 6.92 Å². The van der Waals surface area contributed by atoms with Crippen LogP contribution in [0.15, 0.2) is 53.4 Å². The molecule has 2 aromatic rings. The highest BCUT2D eigenvalue weighted by molar-refractivity contribution is 7.89. The number of carbonyl (C=O) groups is 2. The molecular formula is C26H34N4O5S. The Hall–Kier alpha value is -2.95. The average molecular weight is 515 g/mol. The van der Waals surface area contributed by atoms with E-state index in [4.69, 9.17) is 4.74 Å². The molecule has 194 valence electrons. The summed E-state index contributed by atoms with van der Waals surface area (Å²) in [7, 11) is -1.48. The number of piperidine rings is 1. The van der Waals surface area contributed by atoms with E-state index in [1.165, 1.54) is 16.4 Å². The molecule has 36 heavy (non-hydrogen) atoms. The first-order valence-corrected chi connectivity index (χ1v) is 13.8. The Balaban J connectivity index is 1.26. The molecule has 2 aliphatic heterocycles. The van der Waals surface area contributed by atoms with Crippen LogP contribution in [0.4, 0.5) is 5.69 Å². The quantitative estimate of drug-likeness (QED) is 0.610. The van der Waals surface area contributed by atoms with E-state index in [1.807, 2.05) is 11.9 Å². The Morgan fingerprint density at radius 3 is 2.14 bits per heavy atom. The van der Waals surface area contributed by atoms with E-state index in [1.54, 1.807) is 36.4 Å². The van der Waals surface area contributed by atoms with E-state index in [0.29, 0.717) is 49.1 Å². The number of sulfonamides is 1. The fourth-order valence-electron chi connectivity index (χ4n) is 4.32. The third kappa shape index (κ3) is 6.43. The predicted molar refractivity (Wildman–Crippen MR) is 138 cm³/mol. The Kier molecular flexibility index (Phi) is 8.28. The van der Waals surface area contributed by atoms with Gasteiger partial charge in [-0.15, -0.1) is 0 Å². The fourth-order valence-corrected chi connectivity index (χ4v) is 5.79. The summed E-state index contributed by atoms with van der Waals surface area (Å²) in [5.41, 5.74) is 1.15. The number of anilines is 1. The number of ether oxygens (including phenoxy) is 1. The lowest BCUT2D eigenvalue weighted by molar-refractivity contribution is -0.118. The van der Waals surface area contributed by atoms with Gasteiger partial charge in [-0.05, 0) is 74.3 Å². The van der Waals surface area contributed by atoms with Crippen molar-refractivity contribution in [1.29, 1.82) is 0 Å². The number of rotatable bonds is 7. The summed E-state index contributed by atoms with van der Waals surface area (Å²) in [4.78, 5) is 29.2. The smallest absolute Gasteiger partial charge is 0.262 e. The third-order valence-electron chi connectivity index (χ3n) is 6.78. The van der Waals surface area contributed by atoms with Crippen LogP contribution in [0, 0.1) is 5.92 Å². The van der Waals surface area contributed by atoms with E-state index in [9.17, 15) is 18.0 Å². The number of piperazine rings is 1. The Bertz CT molecular complexity index is 1150. The van der Waals surface area contributed by atoms with Gasteiger partial charge in [-0.3, -0.25) is 9.59 Å². The molecule has 4 rings (SSSR count). The van der Waals surface area contributed by atoms with Crippen LogP contribution < -0.4 is 10.1 Å². The summed E-state index contributed by atoms with van der Waals surface area (Å²) in [5, 5.41) is 2.75. The van der Waals surface area contributed by atoms with E-state index in [2.05, 4.69) is 17.1 Å². The number of benzene rings is 2. The van der Waals surface area contributed by atoms with Crippen LogP contribution >= 0.6 is 0 Å². The van der Waals surface area contributed by atoms with Crippen molar-refractivity contribution in [2.75, 3.05) is 58.2 Å². The van der Waals surface area contributed by atoms with Crippen molar-refractivity contribution in [3.05, 3.63) is 54.1 Å². The minimum atomic E-state index is -3.52. The molecule has 0 unspecified atom stereocenters. The van der Waals surface area contributed by atoms with Crippen LogP contribution in [0.3, 0.4) is 0 Å². The Morgan fingerprint density at radius 1 is 0.917 bits per heavy atom. The van der Waals surface area contributed by atoms with Crippen LogP contribution in [0.2, 0.25) is 0 Å². The molecule has 2 heterocycles. The van der Waals surface area contributed by atoms with Crippen molar-refractivity contribution >= 4 is 27.5 Å². The zero-order valence-electron chi connectivity index (χ0n) is 20.9. The Morgan fingerprint density at radius 2 is 1.53 bits per heavy atom. The standard InChI is InChI=1S/C26H34N4O5S/c1-20-11-13-30(14-12-20)36(33,34)24-9-7-23(8-10-24)35-19-25(31)27-22-5-3-21(4-6-22)26(32)29-17-15-28(2)16-18-29/h3-10,20H,11-19H2,1-2H3,(H,27,31). The maximum absolute atomic E-state index is 12.8. The van der Waals surface area contributed by atoms with Crippen LogP contribution in [0.5, 0.6) is 5.75 Å². The summed E-state index contributed by atoms with van der Waals surface area (Å²) in [6.45, 7) is 6.10. The molecule has 0 aliphatic carbocycles. The molecule has 2 amide bonds. The van der Waals surface area contributed by atoms with Crippen molar-refractivity contribution in [1.82, 2.24) is 14.1 Å². The van der Waals surface area contributed by atoms with Crippen LogP contribution in [0.1, 0.15) is 30.1 Å². The first-order valence-electron chi connectivity index (χ1n) is 12.3. The minimum absolute atomic E-state index is 0.00961. The number of nitrogens with zero attached hydrogens (tertiary/aromatic N) is 3. The second-order valence-corrected chi connectivity index (χ2v) is 11.5. The van der Waals surface area contributed by atoms with Crippen LogP contribution in [0.25, 0.3) is 0 Å². The topological polar surface area (TPSA) is 99.3 Å². The van der Waals surface area contributed by atoms with Gasteiger partial charge in [0.25, 0.3) is 11.8 Å². The van der Waals surface area contributed by atoms with E-state index < -0.39 is 10.0 Å². The van der Waals surface area contributed by atoms with Gasteiger partial charge in [0.05, 0.1) is 4.90 Å². The van der Waals surface area contributed by atoms with E-state index in [-0.39, 0.29) is 23.3 Å². The van der Waals surface area contributed by atoms with Gasteiger partial charge in [0.15, 0.2) is 6.61 Å². The van der Waals surface area contributed by atoms with Gasteiger partial charge in [0, 0.05) is 50.5 Å². The molecule has 2 fully saturated rings. The molecule has 0 saturated carbocycles. The largest absolute Gasteiger partial charge is 0.484 e. The number of hydrogen-bond donors (Lipinski definition) is 1. The molecule has 0 atom stereocenters. The van der Waals surface area contributed by atoms with Gasteiger partial charge in [-0.2, -0.15) is 4.31 Å². The molecule has 2 saturated heterocycles. The summed E-state index contributed by atoms with van der Waals surface area (Å²) < 4.78 is 32.7. The van der Waals surface area contributed by atoms with Crippen LogP contribution in [-0.4, -0.2) is 87.3 Å². The monoisotopic (exact) mass is 514 g/mol. The first kappa shape index (κ1) is 26.1. The van der Waals surface area contributed by atoms with E-state index in [0.717, 1.165) is 25.9 Å².